The second kappa shape index (κ2) is 11.4. The Kier molecular flexibility index (Phi) is 7.76. The SMILES string of the molecule is CC(=O)c1nn(CC(=O)N2C3C[C@]3(C)C[C@H]2C(=O)Nc2nc(Br)ccc2C)c2ccc(-c3cnc(CC(=O)N(C)C)nc3)cc12. The molecule has 1 N–H and O–H groups in total. The molecule has 3 aromatic heterocycles. The second-order valence-corrected chi connectivity index (χ2v) is 13.1. The average Bonchev–Trinajstić information content (AvgIpc) is 3.36. The standard InChI is InChI=1S/C32H33BrN8O4/c1-17-6-9-25(33)36-30(17)37-31(45)23-12-32(3)13-24(32)41(23)28(44)16-40-22-8-7-19(10-21(22)29(38-40)18(2)42)20-14-34-26(35-15-20)11-27(43)39(4)5/h6-10,14-15,23-24H,11-13,16H2,1-5H3,(H,36,37,45)/t23-,24?,32-/m0/s1. The number of halogens is 1. The van der Waals surface area contributed by atoms with Crippen LogP contribution in [0.3, 0.4) is 0 Å². The smallest absolute Gasteiger partial charge is 0.248 e. The molecule has 4 aromatic rings. The lowest BCUT2D eigenvalue weighted by atomic mass is 10.0. The Bertz CT molecular complexity index is 1870. The maximum Gasteiger partial charge on any atom is 0.248 e. The topological polar surface area (TPSA) is 143 Å². The number of anilines is 1. The van der Waals surface area contributed by atoms with Crippen molar-refractivity contribution in [2.75, 3.05) is 19.4 Å². The first-order valence-corrected chi connectivity index (χ1v) is 15.4. The molecule has 6 rings (SSSR count). The van der Waals surface area contributed by atoms with Crippen molar-refractivity contribution >= 4 is 56.2 Å². The number of rotatable bonds is 8. The lowest BCUT2D eigenvalue weighted by Crippen LogP contribution is -2.47. The molecular formula is C32H33BrN8O4. The molecule has 1 unspecified atom stereocenters. The van der Waals surface area contributed by atoms with Gasteiger partial charge in [-0.25, -0.2) is 15.0 Å². The predicted molar refractivity (Wildman–Crippen MR) is 170 cm³/mol. The number of aryl methyl sites for hydroxylation is 1. The summed E-state index contributed by atoms with van der Waals surface area (Å²) in [7, 11) is 3.36. The van der Waals surface area contributed by atoms with Crippen molar-refractivity contribution in [2.45, 2.75) is 58.7 Å². The molecule has 3 amide bonds. The normalized spacial score (nSPS) is 20.2. The quantitative estimate of drug-likeness (QED) is 0.220. The fourth-order valence-electron chi connectivity index (χ4n) is 6.03. The van der Waals surface area contributed by atoms with Gasteiger partial charge < -0.3 is 15.1 Å². The number of ketones is 1. The monoisotopic (exact) mass is 672 g/mol. The Balaban J connectivity index is 1.25. The maximum absolute atomic E-state index is 13.9. The van der Waals surface area contributed by atoms with Crippen LogP contribution in [0.5, 0.6) is 0 Å². The van der Waals surface area contributed by atoms with E-state index in [1.165, 1.54) is 16.5 Å². The number of amides is 3. The van der Waals surface area contributed by atoms with Gasteiger partial charge in [-0.05, 0) is 70.4 Å². The van der Waals surface area contributed by atoms with Crippen LogP contribution in [0, 0.1) is 12.3 Å². The van der Waals surface area contributed by atoms with E-state index in [-0.39, 0.29) is 53.6 Å². The number of carbonyl (C=O) groups is 4. The average molecular weight is 674 g/mol. The maximum atomic E-state index is 13.9. The van der Waals surface area contributed by atoms with Crippen molar-refractivity contribution in [1.82, 2.24) is 34.5 Å². The Labute approximate surface area is 268 Å². The number of likely N-dealkylation sites (N-methyl/N-ethyl adjacent to an activating group) is 1. The van der Waals surface area contributed by atoms with E-state index in [0.717, 1.165) is 17.5 Å². The van der Waals surface area contributed by atoms with Gasteiger partial charge in [0.05, 0.1) is 11.9 Å². The number of nitrogens with one attached hydrogen (secondary N) is 1. The van der Waals surface area contributed by atoms with E-state index < -0.39 is 6.04 Å². The first kappa shape index (κ1) is 30.5. The molecular weight excluding hydrogens is 640 g/mol. The molecule has 2 fully saturated rings. The molecule has 232 valence electrons. The predicted octanol–water partition coefficient (Wildman–Crippen LogP) is 3.81. The Morgan fingerprint density at radius 1 is 1.07 bits per heavy atom. The van der Waals surface area contributed by atoms with Crippen molar-refractivity contribution in [3.63, 3.8) is 0 Å². The number of carbonyl (C=O) groups excluding carboxylic acids is 4. The van der Waals surface area contributed by atoms with E-state index in [2.05, 4.69) is 48.2 Å². The molecule has 12 nitrogen and oxygen atoms in total. The largest absolute Gasteiger partial charge is 0.348 e. The van der Waals surface area contributed by atoms with Crippen molar-refractivity contribution in [3.05, 3.63) is 64.4 Å². The van der Waals surface area contributed by atoms with Crippen molar-refractivity contribution in [1.29, 1.82) is 0 Å². The van der Waals surface area contributed by atoms with Crippen LogP contribution in [0.2, 0.25) is 0 Å². The minimum absolute atomic E-state index is 0.0333. The fraction of sp³-hybridized carbons (Fsp3) is 0.375. The number of hydrogen-bond donors (Lipinski definition) is 1. The molecule has 0 bridgehead atoms. The van der Waals surface area contributed by atoms with Gasteiger partial charge in [0, 0.05) is 50.4 Å². The zero-order chi connectivity index (χ0) is 32.2. The van der Waals surface area contributed by atoms with Crippen LogP contribution in [0.15, 0.2) is 47.3 Å². The van der Waals surface area contributed by atoms with E-state index in [9.17, 15) is 19.2 Å². The molecule has 1 saturated heterocycles. The summed E-state index contributed by atoms with van der Waals surface area (Å²) < 4.78 is 2.14. The number of nitrogens with zero attached hydrogens (tertiary/aromatic N) is 7. The number of fused-ring (bicyclic) bond motifs is 2. The van der Waals surface area contributed by atoms with E-state index in [0.29, 0.717) is 39.1 Å². The molecule has 13 heteroatoms. The van der Waals surface area contributed by atoms with E-state index >= 15 is 0 Å². The van der Waals surface area contributed by atoms with Crippen LogP contribution >= 0.6 is 15.9 Å². The molecule has 0 radical (unpaired) electrons. The third kappa shape index (κ3) is 5.84. The van der Waals surface area contributed by atoms with Gasteiger partial charge in [0.25, 0.3) is 0 Å². The second-order valence-electron chi connectivity index (χ2n) is 12.3. The van der Waals surface area contributed by atoms with Gasteiger partial charge >= 0.3 is 0 Å². The number of benzene rings is 1. The molecule has 3 atom stereocenters. The highest BCUT2D eigenvalue weighted by Crippen LogP contribution is 2.59. The van der Waals surface area contributed by atoms with E-state index in [1.807, 2.05) is 31.2 Å². The van der Waals surface area contributed by atoms with Gasteiger partial charge in [-0.1, -0.05) is 19.1 Å². The van der Waals surface area contributed by atoms with Crippen LogP contribution in [0.1, 0.15) is 48.6 Å². The molecule has 4 heterocycles. The molecule has 2 aliphatic rings. The van der Waals surface area contributed by atoms with Crippen LogP contribution < -0.4 is 5.32 Å². The van der Waals surface area contributed by atoms with E-state index in [1.54, 1.807) is 37.5 Å². The lowest BCUT2D eigenvalue weighted by Gasteiger charge is -2.27. The number of Topliss-reactive ketones (excluding diaryl/α,β-unsaturated/α-hetero) is 1. The molecule has 45 heavy (non-hydrogen) atoms. The third-order valence-electron chi connectivity index (χ3n) is 8.75. The van der Waals surface area contributed by atoms with Crippen molar-refractivity contribution in [3.8, 4) is 11.1 Å². The van der Waals surface area contributed by atoms with Gasteiger partial charge in [-0.3, -0.25) is 23.9 Å². The van der Waals surface area contributed by atoms with Gasteiger partial charge in [0.1, 0.15) is 34.5 Å². The molecule has 1 aromatic carbocycles. The van der Waals surface area contributed by atoms with Crippen molar-refractivity contribution in [2.24, 2.45) is 5.41 Å². The van der Waals surface area contributed by atoms with E-state index in [4.69, 9.17) is 0 Å². The zero-order valence-corrected chi connectivity index (χ0v) is 27.3. The highest BCUT2D eigenvalue weighted by atomic mass is 79.9. The third-order valence-corrected chi connectivity index (χ3v) is 9.19. The summed E-state index contributed by atoms with van der Waals surface area (Å²) in [6, 6.07) is 8.50. The minimum atomic E-state index is -0.641. The van der Waals surface area contributed by atoms with Gasteiger partial charge in [0.15, 0.2) is 5.78 Å². The highest BCUT2D eigenvalue weighted by Gasteiger charge is 2.64. The first-order chi connectivity index (χ1) is 21.3. The number of likely N-dealkylation sites (tertiary alicyclic amines) is 1. The van der Waals surface area contributed by atoms with Gasteiger partial charge in [-0.15, -0.1) is 0 Å². The summed E-state index contributed by atoms with van der Waals surface area (Å²) in [5, 5.41) is 8.06. The lowest BCUT2D eigenvalue weighted by molar-refractivity contribution is -0.138. The Hall–Kier alpha value is -4.52. The van der Waals surface area contributed by atoms with Crippen LogP contribution in [0.25, 0.3) is 22.0 Å². The zero-order valence-electron chi connectivity index (χ0n) is 25.7. The van der Waals surface area contributed by atoms with Crippen molar-refractivity contribution < 1.29 is 19.2 Å². The highest BCUT2D eigenvalue weighted by molar-refractivity contribution is 9.10. The number of pyridine rings is 1. The Morgan fingerprint density at radius 2 is 1.80 bits per heavy atom. The molecule has 1 saturated carbocycles. The fourth-order valence-corrected chi connectivity index (χ4v) is 6.34. The summed E-state index contributed by atoms with van der Waals surface area (Å²) >= 11 is 3.35. The summed E-state index contributed by atoms with van der Waals surface area (Å²) in [6.45, 7) is 5.28. The number of piperidine rings is 1. The van der Waals surface area contributed by atoms with Crippen LogP contribution in [-0.4, -0.2) is 84.2 Å². The van der Waals surface area contributed by atoms with Crippen LogP contribution in [0.4, 0.5) is 5.82 Å². The minimum Gasteiger partial charge on any atom is -0.348 e. The summed E-state index contributed by atoms with van der Waals surface area (Å²) in [5.41, 5.74) is 3.06. The summed E-state index contributed by atoms with van der Waals surface area (Å²) in [5.74, 6) is 0.0278. The molecule has 1 aliphatic carbocycles. The number of aromatic nitrogens is 5. The number of hydrogen-bond acceptors (Lipinski definition) is 8. The first-order valence-electron chi connectivity index (χ1n) is 14.6. The molecule has 1 aliphatic heterocycles. The summed E-state index contributed by atoms with van der Waals surface area (Å²) in [6.07, 6.45) is 4.78. The summed E-state index contributed by atoms with van der Waals surface area (Å²) in [4.78, 5) is 68.3. The molecule has 0 spiro atoms. The van der Waals surface area contributed by atoms with Gasteiger partial charge in [-0.2, -0.15) is 5.10 Å². The Morgan fingerprint density at radius 3 is 2.49 bits per heavy atom. The van der Waals surface area contributed by atoms with Crippen LogP contribution in [-0.2, 0) is 27.3 Å². The van der Waals surface area contributed by atoms with Gasteiger partial charge in [0.2, 0.25) is 17.7 Å².